The van der Waals surface area contributed by atoms with E-state index in [1.165, 1.54) is 0 Å². The van der Waals surface area contributed by atoms with E-state index in [2.05, 4.69) is 29.2 Å². The molecule has 0 spiro atoms. The van der Waals surface area contributed by atoms with Crippen LogP contribution in [0.1, 0.15) is 19.9 Å². The van der Waals surface area contributed by atoms with Crippen LogP contribution < -0.4 is 10.1 Å². The lowest BCUT2D eigenvalue weighted by atomic mass is 10.1. The smallest absolute Gasteiger partial charge is 0.138 e. The molecule has 0 unspecified atom stereocenters. The highest BCUT2D eigenvalue weighted by Crippen LogP contribution is 2.30. The molecule has 0 aliphatic carbocycles. The van der Waals surface area contributed by atoms with E-state index in [1.807, 2.05) is 35.1 Å². The van der Waals surface area contributed by atoms with Gasteiger partial charge >= 0.3 is 0 Å². The second-order valence-electron chi connectivity index (χ2n) is 5.14. The minimum atomic E-state index is 0.334. The number of ether oxygens (including phenoxy) is 1. The van der Waals surface area contributed by atoms with Gasteiger partial charge in [0.15, 0.2) is 0 Å². The van der Waals surface area contributed by atoms with Gasteiger partial charge in [0, 0.05) is 29.2 Å². The number of methoxy groups -OCH3 is 1. The van der Waals surface area contributed by atoms with Gasteiger partial charge in [-0.05, 0) is 26.0 Å². The molecule has 3 aromatic rings. The zero-order chi connectivity index (χ0) is 14.8. The van der Waals surface area contributed by atoms with Crippen molar-refractivity contribution in [1.82, 2.24) is 14.8 Å². The summed E-state index contributed by atoms with van der Waals surface area (Å²) in [5, 5.41) is 9.71. The van der Waals surface area contributed by atoms with Crippen molar-refractivity contribution in [1.29, 1.82) is 0 Å². The Kier molecular flexibility index (Phi) is 3.48. The Morgan fingerprint density at radius 1 is 1.19 bits per heavy atom. The summed E-state index contributed by atoms with van der Waals surface area (Å²) in [6.07, 6.45) is 5.56. The standard InChI is InChI=1S/C16H18N4O/c1-11(2)20-10-12(9-18-20)19-16-14-5-4-6-15(21-3)13(14)7-8-17-16/h4-11H,1-3H3,(H,17,19). The zero-order valence-electron chi connectivity index (χ0n) is 12.4. The maximum atomic E-state index is 5.40. The molecular weight excluding hydrogens is 264 g/mol. The molecule has 0 radical (unpaired) electrons. The molecule has 2 heterocycles. The number of pyridine rings is 1. The summed E-state index contributed by atoms with van der Waals surface area (Å²) in [6.45, 7) is 4.19. The van der Waals surface area contributed by atoms with Gasteiger partial charge in [-0.15, -0.1) is 0 Å². The van der Waals surface area contributed by atoms with Gasteiger partial charge in [0.2, 0.25) is 0 Å². The molecule has 1 N–H and O–H groups in total. The largest absolute Gasteiger partial charge is 0.496 e. The summed E-state index contributed by atoms with van der Waals surface area (Å²) in [5.41, 5.74) is 0.923. The van der Waals surface area contributed by atoms with Crippen molar-refractivity contribution in [2.75, 3.05) is 12.4 Å². The Morgan fingerprint density at radius 2 is 2.05 bits per heavy atom. The van der Waals surface area contributed by atoms with Crippen molar-refractivity contribution in [2.45, 2.75) is 19.9 Å². The van der Waals surface area contributed by atoms with E-state index < -0.39 is 0 Å². The van der Waals surface area contributed by atoms with E-state index in [0.29, 0.717) is 6.04 Å². The fourth-order valence-corrected chi connectivity index (χ4v) is 2.28. The van der Waals surface area contributed by atoms with Crippen LogP contribution in [-0.4, -0.2) is 21.9 Å². The Bertz CT molecular complexity index is 764. The van der Waals surface area contributed by atoms with Crippen LogP contribution in [0.2, 0.25) is 0 Å². The van der Waals surface area contributed by atoms with Gasteiger partial charge in [-0.2, -0.15) is 5.10 Å². The summed E-state index contributed by atoms with van der Waals surface area (Å²) in [5.74, 6) is 1.64. The predicted octanol–water partition coefficient (Wildman–Crippen LogP) is 3.76. The number of hydrogen-bond donors (Lipinski definition) is 1. The van der Waals surface area contributed by atoms with Crippen LogP contribution in [-0.2, 0) is 0 Å². The van der Waals surface area contributed by atoms with Gasteiger partial charge in [-0.1, -0.05) is 12.1 Å². The molecule has 2 aromatic heterocycles. The number of anilines is 2. The Labute approximate surface area is 123 Å². The number of aromatic nitrogens is 3. The van der Waals surface area contributed by atoms with Crippen LogP contribution in [0.25, 0.3) is 10.8 Å². The second-order valence-corrected chi connectivity index (χ2v) is 5.14. The van der Waals surface area contributed by atoms with Gasteiger partial charge in [0.05, 0.1) is 19.0 Å². The topological polar surface area (TPSA) is 52.0 Å². The number of nitrogens with zero attached hydrogens (tertiary/aromatic N) is 3. The van der Waals surface area contributed by atoms with Crippen LogP contribution in [0.15, 0.2) is 42.9 Å². The summed E-state index contributed by atoms with van der Waals surface area (Å²) < 4.78 is 7.31. The molecule has 1 aromatic carbocycles. The van der Waals surface area contributed by atoms with Crippen molar-refractivity contribution in [3.63, 3.8) is 0 Å². The first-order chi connectivity index (χ1) is 10.2. The molecule has 0 atom stereocenters. The fourth-order valence-electron chi connectivity index (χ4n) is 2.28. The molecule has 21 heavy (non-hydrogen) atoms. The van der Waals surface area contributed by atoms with E-state index in [1.54, 1.807) is 19.5 Å². The first-order valence-electron chi connectivity index (χ1n) is 6.92. The molecule has 0 saturated carbocycles. The van der Waals surface area contributed by atoms with E-state index in [0.717, 1.165) is 28.0 Å². The average Bonchev–Trinajstić information content (AvgIpc) is 2.96. The molecule has 5 heteroatoms. The second kappa shape index (κ2) is 5.44. The number of rotatable bonds is 4. The molecule has 5 nitrogen and oxygen atoms in total. The zero-order valence-corrected chi connectivity index (χ0v) is 12.4. The summed E-state index contributed by atoms with van der Waals surface area (Å²) in [7, 11) is 1.68. The van der Waals surface area contributed by atoms with Gasteiger partial charge < -0.3 is 10.1 Å². The SMILES string of the molecule is COc1cccc2c(Nc3cnn(C(C)C)c3)nccc12. The van der Waals surface area contributed by atoms with Crippen LogP contribution in [0.4, 0.5) is 11.5 Å². The predicted molar refractivity (Wildman–Crippen MR) is 84.2 cm³/mol. The lowest BCUT2D eigenvalue weighted by Gasteiger charge is -2.09. The third-order valence-corrected chi connectivity index (χ3v) is 3.38. The molecule has 0 saturated heterocycles. The minimum absolute atomic E-state index is 0.334. The number of fused-ring (bicyclic) bond motifs is 1. The lowest BCUT2D eigenvalue weighted by Crippen LogP contribution is -2.00. The van der Waals surface area contributed by atoms with Crippen molar-refractivity contribution in [3.8, 4) is 5.75 Å². The van der Waals surface area contributed by atoms with Crippen molar-refractivity contribution < 1.29 is 4.74 Å². The normalized spacial score (nSPS) is 11.0. The van der Waals surface area contributed by atoms with E-state index >= 15 is 0 Å². The first-order valence-corrected chi connectivity index (χ1v) is 6.92. The molecule has 0 fully saturated rings. The molecular formula is C16H18N4O. The van der Waals surface area contributed by atoms with Crippen molar-refractivity contribution in [2.24, 2.45) is 0 Å². The Balaban J connectivity index is 2.00. The maximum Gasteiger partial charge on any atom is 0.138 e. The highest BCUT2D eigenvalue weighted by atomic mass is 16.5. The van der Waals surface area contributed by atoms with Gasteiger partial charge in [-0.3, -0.25) is 4.68 Å². The highest BCUT2D eigenvalue weighted by Gasteiger charge is 2.08. The van der Waals surface area contributed by atoms with Crippen molar-refractivity contribution in [3.05, 3.63) is 42.9 Å². The van der Waals surface area contributed by atoms with Crippen LogP contribution in [0, 0.1) is 0 Å². The van der Waals surface area contributed by atoms with Gasteiger partial charge in [-0.25, -0.2) is 4.98 Å². The quantitative estimate of drug-likeness (QED) is 0.791. The molecule has 0 amide bonds. The average molecular weight is 282 g/mol. The minimum Gasteiger partial charge on any atom is -0.496 e. The van der Waals surface area contributed by atoms with Gasteiger partial charge in [0.25, 0.3) is 0 Å². The Hall–Kier alpha value is -2.56. The molecule has 0 aliphatic rings. The third kappa shape index (κ3) is 2.54. The number of benzene rings is 1. The molecule has 0 bridgehead atoms. The number of hydrogen-bond acceptors (Lipinski definition) is 4. The molecule has 3 rings (SSSR count). The summed E-state index contributed by atoms with van der Waals surface area (Å²) in [6, 6.07) is 8.23. The van der Waals surface area contributed by atoms with Crippen LogP contribution in [0.3, 0.4) is 0 Å². The monoisotopic (exact) mass is 282 g/mol. The lowest BCUT2D eigenvalue weighted by molar-refractivity contribution is 0.420. The fraction of sp³-hybridized carbons (Fsp3) is 0.250. The van der Waals surface area contributed by atoms with Crippen molar-refractivity contribution >= 4 is 22.3 Å². The van der Waals surface area contributed by atoms with Crippen LogP contribution >= 0.6 is 0 Å². The summed E-state index contributed by atoms with van der Waals surface area (Å²) in [4.78, 5) is 4.43. The highest BCUT2D eigenvalue weighted by molar-refractivity contribution is 5.96. The van der Waals surface area contributed by atoms with E-state index in [9.17, 15) is 0 Å². The van der Waals surface area contributed by atoms with Gasteiger partial charge in [0.1, 0.15) is 11.6 Å². The van der Waals surface area contributed by atoms with Crippen LogP contribution in [0.5, 0.6) is 5.75 Å². The number of nitrogens with one attached hydrogen (secondary N) is 1. The Morgan fingerprint density at radius 3 is 2.76 bits per heavy atom. The third-order valence-electron chi connectivity index (χ3n) is 3.38. The molecule has 0 aliphatic heterocycles. The van der Waals surface area contributed by atoms with E-state index in [4.69, 9.17) is 4.74 Å². The molecule has 108 valence electrons. The van der Waals surface area contributed by atoms with E-state index in [-0.39, 0.29) is 0 Å². The maximum absolute atomic E-state index is 5.40. The summed E-state index contributed by atoms with van der Waals surface area (Å²) >= 11 is 0. The first kappa shape index (κ1) is 13.4.